The Morgan fingerprint density at radius 3 is 3.05 bits per heavy atom. The Balaban J connectivity index is 1.60. The number of benzene rings is 1. The van der Waals surface area contributed by atoms with Gasteiger partial charge in [0.05, 0.1) is 23.0 Å². The van der Waals surface area contributed by atoms with Gasteiger partial charge in [-0.2, -0.15) is 0 Å². The molecular formula is C15H12N4O. The molecule has 0 aliphatic carbocycles. The molecule has 0 saturated heterocycles. The van der Waals surface area contributed by atoms with Gasteiger partial charge in [-0.3, -0.25) is 4.98 Å². The summed E-state index contributed by atoms with van der Waals surface area (Å²) >= 11 is 0. The molecule has 0 saturated carbocycles. The van der Waals surface area contributed by atoms with Crippen molar-refractivity contribution in [1.29, 1.82) is 0 Å². The number of anilines is 1. The summed E-state index contributed by atoms with van der Waals surface area (Å²) in [6.45, 7) is 0.646. The molecule has 0 unspecified atom stereocenters. The number of H-pyrrole nitrogens is 1. The molecule has 0 fully saturated rings. The molecule has 0 atom stereocenters. The fourth-order valence-electron chi connectivity index (χ4n) is 2.30. The fraction of sp³-hybridized carbons (Fsp3) is 0.0667. The van der Waals surface area contributed by atoms with Gasteiger partial charge in [0, 0.05) is 11.9 Å². The van der Waals surface area contributed by atoms with Crippen molar-refractivity contribution in [3.8, 4) is 0 Å². The quantitative estimate of drug-likeness (QED) is 0.595. The molecule has 0 amide bonds. The molecule has 4 aromatic rings. The van der Waals surface area contributed by atoms with Crippen LogP contribution >= 0.6 is 0 Å². The predicted molar refractivity (Wildman–Crippen MR) is 77.4 cm³/mol. The average molecular weight is 264 g/mol. The second kappa shape index (κ2) is 4.38. The number of aromatic amines is 1. The van der Waals surface area contributed by atoms with Crippen LogP contribution in [0.5, 0.6) is 0 Å². The smallest absolute Gasteiger partial charge is 0.177 e. The average Bonchev–Trinajstić information content (AvgIpc) is 3.08. The van der Waals surface area contributed by atoms with Crippen LogP contribution in [0.2, 0.25) is 0 Å². The fourth-order valence-corrected chi connectivity index (χ4v) is 2.30. The number of hydrogen-bond donors (Lipinski definition) is 2. The van der Waals surface area contributed by atoms with E-state index in [-0.39, 0.29) is 0 Å². The molecular weight excluding hydrogens is 252 g/mol. The van der Waals surface area contributed by atoms with Crippen molar-refractivity contribution in [2.45, 2.75) is 6.54 Å². The maximum atomic E-state index is 5.26. The maximum absolute atomic E-state index is 5.26. The van der Waals surface area contributed by atoms with Gasteiger partial charge in [-0.15, -0.1) is 0 Å². The Bertz CT molecular complexity index is 844. The van der Waals surface area contributed by atoms with Gasteiger partial charge in [-0.05, 0) is 30.3 Å². The van der Waals surface area contributed by atoms with Crippen LogP contribution in [-0.4, -0.2) is 15.1 Å². The first kappa shape index (κ1) is 11.0. The number of fused-ring (bicyclic) bond motifs is 2. The van der Waals surface area contributed by atoms with Crippen LogP contribution in [0, 0.1) is 0 Å². The third-order valence-corrected chi connectivity index (χ3v) is 3.27. The van der Waals surface area contributed by atoms with Gasteiger partial charge in [0.25, 0.3) is 0 Å². The van der Waals surface area contributed by atoms with Crippen LogP contribution in [0.15, 0.2) is 53.2 Å². The van der Waals surface area contributed by atoms with E-state index in [9.17, 15) is 0 Å². The monoisotopic (exact) mass is 264 g/mol. The molecule has 0 radical (unpaired) electrons. The van der Waals surface area contributed by atoms with E-state index in [4.69, 9.17) is 4.52 Å². The Hall–Kier alpha value is -2.82. The number of rotatable bonds is 3. The Kier molecular flexibility index (Phi) is 2.42. The van der Waals surface area contributed by atoms with E-state index in [1.165, 1.54) is 0 Å². The van der Waals surface area contributed by atoms with Gasteiger partial charge < -0.3 is 14.8 Å². The van der Waals surface area contributed by atoms with Gasteiger partial charge in [-0.1, -0.05) is 17.3 Å². The predicted octanol–water partition coefficient (Wildman–Crippen LogP) is 3.32. The third-order valence-electron chi connectivity index (χ3n) is 3.27. The topological polar surface area (TPSA) is 66.7 Å². The summed E-state index contributed by atoms with van der Waals surface area (Å²) in [5, 5.41) is 8.32. The number of para-hydroxylation sites is 1. The highest BCUT2D eigenvalue weighted by atomic mass is 16.5. The highest BCUT2D eigenvalue weighted by Gasteiger charge is 2.07. The lowest BCUT2D eigenvalue weighted by molar-refractivity contribution is 0.459. The van der Waals surface area contributed by atoms with Crippen molar-refractivity contribution in [1.82, 2.24) is 15.1 Å². The van der Waals surface area contributed by atoms with Gasteiger partial charge in [-0.25, -0.2) is 0 Å². The lowest BCUT2D eigenvalue weighted by atomic mass is 10.2. The highest BCUT2D eigenvalue weighted by Crippen LogP contribution is 2.22. The first-order valence-corrected chi connectivity index (χ1v) is 6.41. The van der Waals surface area contributed by atoms with Gasteiger partial charge in [0.1, 0.15) is 0 Å². The van der Waals surface area contributed by atoms with Gasteiger partial charge >= 0.3 is 0 Å². The number of hydrogen-bond acceptors (Lipinski definition) is 4. The summed E-state index contributed by atoms with van der Waals surface area (Å²) in [4.78, 5) is 7.63. The Labute approximate surface area is 114 Å². The number of nitrogens with zero attached hydrogens (tertiary/aromatic N) is 2. The van der Waals surface area contributed by atoms with E-state index < -0.39 is 0 Å². The molecule has 98 valence electrons. The molecule has 4 rings (SSSR count). The lowest BCUT2D eigenvalue weighted by Crippen LogP contribution is -1.99. The minimum Gasteiger partial charge on any atom is -0.361 e. The number of pyridine rings is 1. The molecule has 3 heterocycles. The van der Waals surface area contributed by atoms with Crippen LogP contribution < -0.4 is 5.32 Å². The standard InChI is InChI=1S/C15H12N4O/c1-2-6-14-11(4-1)15(19-20-14)17-9-10-8-13-12(18-10)5-3-7-16-13/h1-8,18H,9H2,(H,17,19). The SMILES string of the molecule is c1cnc2cc(CNc3noc4ccccc34)[nH]c2c1. The molecule has 20 heavy (non-hydrogen) atoms. The minimum absolute atomic E-state index is 0.646. The van der Waals surface area contributed by atoms with E-state index in [1.54, 1.807) is 6.20 Å². The summed E-state index contributed by atoms with van der Waals surface area (Å²) in [6, 6.07) is 13.8. The molecule has 0 spiro atoms. The normalized spacial score (nSPS) is 11.2. The third kappa shape index (κ3) is 1.80. The van der Waals surface area contributed by atoms with Gasteiger partial charge in [0.2, 0.25) is 0 Å². The second-order valence-corrected chi connectivity index (χ2v) is 4.61. The van der Waals surface area contributed by atoms with Crippen LogP contribution in [0.4, 0.5) is 5.82 Å². The van der Waals surface area contributed by atoms with E-state index in [0.717, 1.165) is 33.5 Å². The molecule has 1 aromatic carbocycles. The van der Waals surface area contributed by atoms with Crippen molar-refractivity contribution in [3.63, 3.8) is 0 Å². The van der Waals surface area contributed by atoms with Crippen molar-refractivity contribution in [2.75, 3.05) is 5.32 Å². The minimum atomic E-state index is 0.646. The molecule has 0 aliphatic rings. The van der Waals surface area contributed by atoms with E-state index in [1.807, 2.05) is 42.5 Å². The molecule has 0 bridgehead atoms. The van der Waals surface area contributed by atoms with E-state index >= 15 is 0 Å². The molecule has 5 heteroatoms. The van der Waals surface area contributed by atoms with Crippen molar-refractivity contribution in [2.24, 2.45) is 0 Å². The summed E-state index contributed by atoms with van der Waals surface area (Å²) in [7, 11) is 0. The summed E-state index contributed by atoms with van der Waals surface area (Å²) in [5.41, 5.74) is 3.85. The van der Waals surface area contributed by atoms with Crippen LogP contribution in [-0.2, 0) is 6.54 Å². The largest absolute Gasteiger partial charge is 0.361 e. The maximum Gasteiger partial charge on any atom is 0.177 e. The second-order valence-electron chi connectivity index (χ2n) is 4.61. The van der Waals surface area contributed by atoms with Crippen LogP contribution in [0.1, 0.15) is 5.69 Å². The zero-order valence-corrected chi connectivity index (χ0v) is 10.6. The molecule has 3 aromatic heterocycles. The summed E-state index contributed by atoms with van der Waals surface area (Å²) in [5.74, 6) is 0.757. The molecule has 0 aliphatic heterocycles. The summed E-state index contributed by atoms with van der Waals surface area (Å²) < 4.78 is 5.26. The van der Waals surface area contributed by atoms with E-state index in [2.05, 4.69) is 20.4 Å². The molecule has 2 N–H and O–H groups in total. The number of nitrogens with one attached hydrogen (secondary N) is 2. The lowest BCUT2D eigenvalue weighted by Gasteiger charge is -2.00. The van der Waals surface area contributed by atoms with Crippen molar-refractivity contribution < 1.29 is 4.52 Å². The zero-order valence-electron chi connectivity index (χ0n) is 10.6. The Morgan fingerprint density at radius 2 is 2.10 bits per heavy atom. The van der Waals surface area contributed by atoms with Crippen LogP contribution in [0.25, 0.3) is 22.0 Å². The summed E-state index contributed by atoms with van der Waals surface area (Å²) in [6.07, 6.45) is 1.79. The van der Waals surface area contributed by atoms with Gasteiger partial charge in [0.15, 0.2) is 11.4 Å². The molecule has 5 nitrogen and oxygen atoms in total. The zero-order chi connectivity index (χ0) is 13.4. The van der Waals surface area contributed by atoms with E-state index in [0.29, 0.717) is 6.54 Å². The highest BCUT2D eigenvalue weighted by molar-refractivity contribution is 5.87. The van der Waals surface area contributed by atoms with Crippen molar-refractivity contribution >= 4 is 27.8 Å². The number of aromatic nitrogens is 3. The first-order chi connectivity index (χ1) is 9.90. The first-order valence-electron chi connectivity index (χ1n) is 6.41. The van der Waals surface area contributed by atoms with Crippen LogP contribution in [0.3, 0.4) is 0 Å². The van der Waals surface area contributed by atoms with Crippen molar-refractivity contribution in [3.05, 3.63) is 54.4 Å². The Morgan fingerprint density at radius 1 is 1.15 bits per heavy atom.